The van der Waals surface area contributed by atoms with Crippen molar-refractivity contribution < 1.29 is 4.79 Å². The summed E-state index contributed by atoms with van der Waals surface area (Å²) in [7, 11) is 0. The number of pyridine rings is 1. The van der Waals surface area contributed by atoms with Crippen LogP contribution in [0.1, 0.15) is 18.4 Å². The molecule has 0 spiro atoms. The molecule has 0 atom stereocenters. The first-order chi connectivity index (χ1) is 13.8. The predicted molar refractivity (Wildman–Crippen MR) is 111 cm³/mol. The van der Waals surface area contributed by atoms with Gasteiger partial charge in [-0.15, -0.1) is 0 Å². The van der Waals surface area contributed by atoms with Crippen LogP contribution in [0.2, 0.25) is 0 Å². The van der Waals surface area contributed by atoms with Gasteiger partial charge in [-0.05, 0) is 53.8 Å². The molecule has 0 aliphatic heterocycles. The van der Waals surface area contributed by atoms with E-state index in [1.165, 1.54) is 5.56 Å². The molecule has 0 unspecified atom stereocenters. The number of hydrogen-bond donors (Lipinski definition) is 1. The molecular weight excluding hydrogens is 348 g/mol. The summed E-state index contributed by atoms with van der Waals surface area (Å²) in [4.78, 5) is 24.7. The summed E-state index contributed by atoms with van der Waals surface area (Å²) in [6, 6.07) is 18.2. The molecule has 0 aliphatic carbocycles. The third-order valence-corrected chi connectivity index (χ3v) is 4.57. The smallest absolute Gasteiger partial charge is 0.224 e. The summed E-state index contributed by atoms with van der Waals surface area (Å²) in [6.45, 7) is 0. The van der Waals surface area contributed by atoms with Crippen molar-refractivity contribution in [2.75, 3.05) is 5.32 Å². The van der Waals surface area contributed by atoms with Gasteiger partial charge in [-0.1, -0.05) is 30.3 Å². The second-order valence-corrected chi connectivity index (χ2v) is 6.60. The van der Waals surface area contributed by atoms with Crippen LogP contribution in [0.5, 0.6) is 0 Å². The number of hydrogen-bond acceptors (Lipinski definition) is 4. The number of carbonyl (C=O) groups excluding carboxylic acids is 1. The van der Waals surface area contributed by atoms with Crippen LogP contribution in [-0.4, -0.2) is 20.9 Å². The molecule has 1 N–H and O–H groups in total. The number of aryl methyl sites for hydroxylation is 1. The molecule has 28 heavy (non-hydrogen) atoms. The minimum absolute atomic E-state index is 0.0156. The fourth-order valence-corrected chi connectivity index (χ4v) is 3.12. The fourth-order valence-electron chi connectivity index (χ4n) is 3.12. The molecule has 4 rings (SSSR count). The van der Waals surface area contributed by atoms with Gasteiger partial charge in [0.2, 0.25) is 5.91 Å². The second kappa shape index (κ2) is 8.39. The molecule has 5 heteroatoms. The van der Waals surface area contributed by atoms with Crippen molar-refractivity contribution in [2.45, 2.75) is 19.3 Å². The summed E-state index contributed by atoms with van der Waals surface area (Å²) in [5, 5.41) is 2.86. The fraction of sp³-hybridized carbons (Fsp3) is 0.130. The monoisotopic (exact) mass is 368 g/mol. The molecule has 0 saturated heterocycles. The highest BCUT2D eigenvalue weighted by molar-refractivity contribution is 5.90. The molecule has 0 saturated carbocycles. The molecule has 2 aromatic heterocycles. The van der Waals surface area contributed by atoms with E-state index >= 15 is 0 Å². The van der Waals surface area contributed by atoms with Gasteiger partial charge in [0, 0.05) is 25.0 Å². The molecule has 2 aromatic carbocycles. The van der Waals surface area contributed by atoms with Gasteiger partial charge in [0.25, 0.3) is 0 Å². The minimum atomic E-state index is 0.0156. The first kappa shape index (κ1) is 17.8. The Morgan fingerprint density at radius 3 is 2.43 bits per heavy atom. The van der Waals surface area contributed by atoms with Gasteiger partial charge < -0.3 is 5.32 Å². The van der Waals surface area contributed by atoms with E-state index in [1.807, 2.05) is 12.1 Å². The molecule has 0 radical (unpaired) electrons. The van der Waals surface area contributed by atoms with E-state index in [0.29, 0.717) is 6.42 Å². The number of rotatable bonds is 6. The zero-order chi connectivity index (χ0) is 19.2. The van der Waals surface area contributed by atoms with Gasteiger partial charge in [-0.2, -0.15) is 0 Å². The number of amides is 1. The van der Waals surface area contributed by atoms with E-state index in [0.717, 1.165) is 40.7 Å². The van der Waals surface area contributed by atoms with Gasteiger partial charge in [-0.25, -0.2) is 0 Å². The molecule has 0 fully saturated rings. The van der Waals surface area contributed by atoms with Crippen LogP contribution in [0.4, 0.5) is 5.69 Å². The number of nitrogens with one attached hydrogen (secondary N) is 1. The van der Waals surface area contributed by atoms with Crippen molar-refractivity contribution in [1.29, 1.82) is 0 Å². The van der Waals surface area contributed by atoms with E-state index in [4.69, 9.17) is 0 Å². The highest BCUT2D eigenvalue weighted by Gasteiger charge is 2.04. The number of benzene rings is 2. The lowest BCUT2D eigenvalue weighted by Crippen LogP contribution is -2.11. The van der Waals surface area contributed by atoms with Crippen molar-refractivity contribution in [3.63, 3.8) is 0 Å². The Bertz CT molecular complexity index is 1080. The third kappa shape index (κ3) is 4.38. The Hall–Kier alpha value is -3.60. The maximum absolute atomic E-state index is 12.0. The summed E-state index contributed by atoms with van der Waals surface area (Å²) < 4.78 is 0. The molecule has 1 amide bonds. The van der Waals surface area contributed by atoms with Gasteiger partial charge in [0.1, 0.15) is 0 Å². The van der Waals surface area contributed by atoms with Crippen LogP contribution < -0.4 is 5.32 Å². The molecule has 138 valence electrons. The highest BCUT2D eigenvalue weighted by atomic mass is 16.1. The predicted octanol–water partition coefficient (Wildman–Crippen LogP) is 4.65. The minimum Gasteiger partial charge on any atom is -0.325 e. The largest absolute Gasteiger partial charge is 0.325 e. The Balaban J connectivity index is 1.33. The highest BCUT2D eigenvalue weighted by Crippen LogP contribution is 2.23. The maximum atomic E-state index is 12.0. The zero-order valence-electron chi connectivity index (χ0n) is 15.4. The van der Waals surface area contributed by atoms with Crippen molar-refractivity contribution in [3.05, 3.63) is 84.9 Å². The average molecular weight is 368 g/mol. The summed E-state index contributed by atoms with van der Waals surface area (Å²) in [6.07, 6.45) is 8.90. The molecule has 0 bridgehead atoms. The summed E-state index contributed by atoms with van der Waals surface area (Å²) in [5.74, 6) is 0.0156. The van der Waals surface area contributed by atoms with Gasteiger partial charge in [0.05, 0.1) is 22.9 Å². The van der Waals surface area contributed by atoms with Crippen molar-refractivity contribution in [2.24, 2.45) is 0 Å². The Morgan fingerprint density at radius 1 is 0.857 bits per heavy atom. The van der Waals surface area contributed by atoms with E-state index in [1.54, 1.807) is 30.9 Å². The summed E-state index contributed by atoms with van der Waals surface area (Å²) >= 11 is 0. The van der Waals surface area contributed by atoms with Crippen LogP contribution in [-0.2, 0) is 11.2 Å². The van der Waals surface area contributed by atoms with Gasteiger partial charge in [0.15, 0.2) is 0 Å². The number of nitrogens with zero attached hydrogens (tertiary/aromatic N) is 3. The lowest BCUT2D eigenvalue weighted by molar-refractivity contribution is -0.116. The maximum Gasteiger partial charge on any atom is 0.224 e. The zero-order valence-corrected chi connectivity index (χ0v) is 15.4. The topological polar surface area (TPSA) is 67.8 Å². The first-order valence-electron chi connectivity index (χ1n) is 9.28. The van der Waals surface area contributed by atoms with Crippen LogP contribution in [0.3, 0.4) is 0 Å². The number of carbonyl (C=O) groups is 1. The van der Waals surface area contributed by atoms with Gasteiger partial charge in [-0.3, -0.25) is 19.7 Å². The first-order valence-corrected chi connectivity index (χ1v) is 9.28. The molecule has 4 aromatic rings. The van der Waals surface area contributed by atoms with Crippen molar-refractivity contribution >= 4 is 22.6 Å². The number of anilines is 1. The van der Waals surface area contributed by atoms with Crippen molar-refractivity contribution in [3.8, 4) is 11.1 Å². The van der Waals surface area contributed by atoms with Crippen LogP contribution in [0.25, 0.3) is 22.2 Å². The molecule has 2 heterocycles. The van der Waals surface area contributed by atoms with E-state index < -0.39 is 0 Å². The van der Waals surface area contributed by atoms with Gasteiger partial charge >= 0.3 is 0 Å². The molecule has 0 aliphatic rings. The number of aromatic nitrogens is 3. The van der Waals surface area contributed by atoms with Crippen LogP contribution in [0, 0.1) is 0 Å². The summed E-state index contributed by atoms with van der Waals surface area (Å²) in [5.41, 5.74) is 6.01. The molecule has 5 nitrogen and oxygen atoms in total. The Labute approximate surface area is 163 Å². The van der Waals surface area contributed by atoms with E-state index in [2.05, 4.69) is 56.7 Å². The molecular formula is C23H20N4O. The normalized spacial score (nSPS) is 10.7. The SMILES string of the molecule is O=C(CCCc1ccc(-c2ccc3nccnc3c2)cc1)Nc1cccnc1. The third-order valence-electron chi connectivity index (χ3n) is 4.57. The lowest BCUT2D eigenvalue weighted by atomic mass is 10.0. The average Bonchev–Trinajstić information content (AvgIpc) is 2.74. The Morgan fingerprint density at radius 2 is 1.64 bits per heavy atom. The quantitative estimate of drug-likeness (QED) is 0.538. The van der Waals surface area contributed by atoms with Crippen LogP contribution in [0.15, 0.2) is 79.4 Å². The van der Waals surface area contributed by atoms with E-state index in [-0.39, 0.29) is 5.91 Å². The lowest BCUT2D eigenvalue weighted by Gasteiger charge is -2.07. The standard InChI is InChI=1S/C23H20N4O/c28-23(27-20-4-2-12-24-16-20)5-1-3-17-6-8-18(9-7-17)19-10-11-21-22(15-19)26-14-13-25-21/h2,4,6-16H,1,3,5H2,(H,27,28). The van der Waals surface area contributed by atoms with Crippen LogP contribution >= 0.6 is 0 Å². The van der Waals surface area contributed by atoms with Crippen molar-refractivity contribution in [1.82, 2.24) is 15.0 Å². The second-order valence-electron chi connectivity index (χ2n) is 6.60. The Kier molecular flexibility index (Phi) is 5.33. The number of fused-ring (bicyclic) bond motifs is 1. The van der Waals surface area contributed by atoms with E-state index in [9.17, 15) is 4.79 Å².